The van der Waals surface area contributed by atoms with Crippen LogP contribution in [0.25, 0.3) is 94.0 Å². The quantitative estimate of drug-likeness (QED) is 0.207. The van der Waals surface area contributed by atoms with E-state index in [4.69, 9.17) is 15.0 Å². The zero-order chi connectivity index (χ0) is 28.1. The highest BCUT2D eigenvalue weighted by Crippen LogP contribution is 2.49. The van der Waals surface area contributed by atoms with Crippen LogP contribution in [0.2, 0.25) is 0 Å². The monoisotopic (exact) mass is 546 g/mol. The average Bonchev–Trinajstić information content (AvgIpc) is 3.36. The zero-order valence-corrected chi connectivity index (χ0v) is 23.0. The average molecular weight is 547 g/mol. The van der Waals surface area contributed by atoms with Crippen molar-refractivity contribution in [2.24, 2.45) is 0 Å². The standard InChI is InChI=1S/C39H22N4/c1-3-9-26(10-4-1)37-40-38(27-11-5-2-6-12-27)42-39(41-37)43-30-21-19-24-14-8-16-29-28-15-7-13-23-17-18-25-20-22-31(43)36(34(25)32(23)28)35(30)33(24)29/h1-22H. The van der Waals surface area contributed by atoms with Crippen molar-refractivity contribution >= 4 is 54.1 Å². The Hall–Kier alpha value is -5.87. The van der Waals surface area contributed by atoms with Crippen LogP contribution in [0.5, 0.6) is 0 Å². The number of rotatable bonds is 3. The third kappa shape index (κ3) is 3.07. The molecule has 1 aliphatic carbocycles. The summed E-state index contributed by atoms with van der Waals surface area (Å²) >= 11 is 0. The van der Waals surface area contributed by atoms with E-state index in [2.05, 4.69) is 102 Å². The van der Waals surface area contributed by atoms with Crippen molar-refractivity contribution in [2.45, 2.75) is 0 Å². The second-order valence-electron chi connectivity index (χ2n) is 11.2. The minimum absolute atomic E-state index is 0.616. The Kier molecular flexibility index (Phi) is 4.42. The molecule has 0 fully saturated rings. The molecule has 10 rings (SSSR count). The highest BCUT2D eigenvalue weighted by molar-refractivity contribution is 6.38. The maximum atomic E-state index is 5.15. The maximum absolute atomic E-state index is 5.15. The van der Waals surface area contributed by atoms with E-state index in [1.165, 1.54) is 54.2 Å². The fourth-order valence-corrected chi connectivity index (χ4v) is 7.12. The Balaban J connectivity index is 1.42. The normalized spacial score (nSPS) is 12.2. The third-order valence-corrected chi connectivity index (χ3v) is 8.94. The molecule has 1 aliphatic rings. The van der Waals surface area contributed by atoms with E-state index in [1.807, 2.05) is 36.4 Å². The molecule has 198 valence electrons. The van der Waals surface area contributed by atoms with Crippen LogP contribution in [-0.2, 0) is 0 Å². The van der Waals surface area contributed by atoms with Crippen molar-refractivity contribution in [3.05, 3.63) is 133 Å². The van der Waals surface area contributed by atoms with E-state index in [0.29, 0.717) is 17.6 Å². The number of fused-ring (bicyclic) bond motifs is 1. The van der Waals surface area contributed by atoms with Gasteiger partial charge in [0.05, 0.1) is 11.0 Å². The summed E-state index contributed by atoms with van der Waals surface area (Å²) in [6.07, 6.45) is 0. The topological polar surface area (TPSA) is 43.6 Å². The van der Waals surface area contributed by atoms with E-state index < -0.39 is 0 Å². The smallest absolute Gasteiger partial charge is 0.238 e. The van der Waals surface area contributed by atoms with Gasteiger partial charge in [-0.25, -0.2) is 4.98 Å². The molecule has 0 saturated heterocycles. The van der Waals surface area contributed by atoms with Crippen molar-refractivity contribution < 1.29 is 0 Å². The van der Waals surface area contributed by atoms with Crippen LogP contribution < -0.4 is 0 Å². The van der Waals surface area contributed by atoms with Gasteiger partial charge in [0.15, 0.2) is 11.6 Å². The maximum Gasteiger partial charge on any atom is 0.238 e. The van der Waals surface area contributed by atoms with Crippen molar-refractivity contribution in [1.82, 2.24) is 19.5 Å². The second-order valence-corrected chi connectivity index (χ2v) is 11.2. The van der Waals surface area contributed by atoms with E-state index in [9.17, 15) is 0 Å². The fourth-order valence-electron chi connectivity index (χ4n) is 7.12. The number of aromatic nitrogens is 4. The first-order valence-electron chi connectivity index (χ1n) is 14.6. The molecule has 7 aromatic carbocycles. The Morgan fingerprint density at radius 3 is 1.37 bits per heavy atom. The van der Waals surface area contributed by atoms with Crippen LogP contribution in [0.3, 0.4) is 0 Å². The highest BCUT2D eigenvalue weighted by atomic mass is 15.2. The summed E-state index contributed by atoms with van der Waals surface area (Å²) in [7, 11) is 0. The number of benzene rings is 7. The van der Waals surface area contributed by atoms with E-state index in [-0.39, 0.29) is 0 Å². The molecule has 0 unspecified atom stereocenters. The van der Waals surface area contributed by atoms with Gasteiger partial charge in [0, 0.05) is 27.3 Å². The first kappa shape index (κ1) is 22.8. The Morgan fingerprint density at radius 2 is 0.814 bits per heavy atom. The third-order valence-electron chi connectivity index (χ3n) is 8.94. The number of nitrogens with zero attached hydrogens (tertiary/aromatic N) is 4. The fraction of sp³-hybridized carbons (Fsp3) is 0. The van der Waals surface area contributed by atoms with E-state index >= 15 is 0 Å². The van der Waals surface area contributed by atoms with Gasteiger partial charge in [-0.2, -0.15) is 9.97 Å². The lowest BCUT2D eigenvalue weighted by Crippen LogP contribution is -2.06. The van der Waals surface area contributed by atoms with E-state index in [0.717, 1.165) is 22.2 Å². The van der Waals surface area contributed by atoms with Gasteiger partial charge in [-0.05, 0) is 50.2 Å². The lowest BCUT2D eigenvalue weighted by molar-refractivity contribution is 0.954. The lowest BCUT2D eigenvalue weighted by atomic mass is 9.93. The predicted molar refractivity (Wildman–Crippen MR) is 177 cm³/mol. The van der Waals surface area contributed by atoms with Crippen LogP contribution in [-0.4, -0.2) is 19.5 Å². The van der Waals surface area contributed by atoms with Gasteiger partial charge in [-0.15, -0.1) is 0 Å². The van der Waals surface area contributed by atoms with Gasteiger partial charge in [-0.1, -0.05) is 121 Å². The molecule has 2 heterocycles. The molecule has 0 spiro atoms. The SMILES string of the molecule is c1ccc(-c2nc(-c3ccccc3)nc(-n3c4ccc5cccc6c5c4c4c5c(ccc7cccc-6c75)ccc43)n2)cc1. The van der Waals surface area contributed by atoms with Crippen LogP contribution in [0.15, 0.2) is 133 Å². The number of hydrogen-bond donors (Lipinski definition) is 0. The predicted octanol–water partition coefficient (Wildman–Crippen LogP) is 9.74. The molecule has 0 aliphatic heterocycles. The molecule has 4 heteroatoms. The summed E-state index contributed by atoms with van der Waals surface area (Å²) in [5.41, 5.74) is 6.66. The molecule has 0 N–H and O–H groups in total. The van der Waals surface area contributed by atoms with Gasteiger partial charge in [0.1, 0.15) is 0 Å². The van der Waals surface area contributed by atoms with Crippen LogP contribution in [0, 0.1) is 0 Å². The Morgan fingerprint density at radius 1 is 0.349 bits per heavy atom. The molecule has 2 aromatic heterocycles. The van der Waals surface area contributed by atoms with Gasteiger partial charge >= 0.3 is 0 Å². The highest BCUT2D eigenvalue weighted by Gasteiger charge is 2.25. The largest absolute Gasteiger partial charge is 0.278 e. The Labute approximate surface area is 246 Å². The molecule has 0 saturated carbocycles. The summed E-state index contributed by atoms with van der Waals surface area (Å²) in [6.45, 7) is 0. The van der Waals surface area contributed by atoms with E-state index in [1.54, 1.807) is 0 Å². The first-order chi connectivity index (χ1) is 21.3. The van der Waals surface area contributed by atoms with Crippen molar-refractivity contribution in [1.29, 1.82) is 0 Å². The number of hydrogen-bond acceptors (Lipinski definition) is 3. The molecular formula is C39H22N4. The summed E-state index contributed by atoms with van der Waals surface area (Å²) in [6, 6.07) is 47.2. The molecule has 0 atom stereocenters. The molecule has 0 amide bonds. The van der Waals surface area contributed by atoms with Gasteiger partial charge in [0.2, 0.25) is 5.95 Å². The summed E-state index contributed by atoms with van der Waals surface area (Å²) in [5.74, 6) is 1.92. The molecule has 4 nitrogen and oxygen atoms in total. The molecule has 43 heavy (non-hydrogen) atoms. The van der Waals surface area contributed by atoms with Gasteiger partial charge in [-0.3, -0.25) is 4.57 Å². The lowest BCUT2D eigenvalue weighted by Gasteiger charge is -2.14. The van der Waals surface area contributed by atoms with Gasteiger partial charge in [0.25, 0.3) is 0 Å². The summed E-state index contributed by atoms with van der Waals surface area (Å²) in [4.78, 5) is 15.3. The van der Waals surface area contributed by atoms with Crippen LogP contribution in [0.1, 0.15) is 0 Å². The molecule has 0 radical (unpaired) electrons. The Bertz CT molecular complexity index is 2540. The molecular weight excluding hydrogens is 524 g/mol. The van der Waals surface area contributed by atoms with Crippen LogP contribution >= 0.6 is 0 Å². The molecule has 0 bridgehead atoms. The summed E-state index contributed by atoms with van der Waals surface area (Å²) < 4.78 is 2.24. The zero-order valence-electron chi connectivity index (χ0n) is 23.0. The molecule has 9 aromatic rings. The van der Waals surface area contributed by atoms with Crippen molar-refractivity contribution in [3.63, 3.8) is 0 Å². The van der Waals surface area contributed by atoms with Crippen molar-refractivity contribution in [3.8, 4) is 39.9 Å². The minimum atomic E-state index is 0.616. The summed E-state index contributed by atoms with van der Waals surface area (Å²) in [5, 5.41) is 10.1. The van der Waals surface area contributed by atoms with Crippen LogP contribution in [0.4, 0.5) is 0 Å². The first-order valence-corrected chi connectivity index (χ1v) is 14.6. The minimum Gasteiger partial charge on any atom is -0.278 e. The van der Waals surface area contributed by atoms with Crippen molar-refractivity contribution in [2.75, 3.05) is 0 Å². The second kappa shape index (κ2) is 8.34. The van der Waals surface area contributed by atoms with Gasteiger partial charge < -0.3 is 0 Å².